The molecule has 0 radical (unpaired) electrons. The Labute approximate surface area is 162 Å². The van der Waals surface area contributed by atoms with Gasteiger partial charge < -0.3 is 10.1 Å². The Kier molecular flexibility index (Phi) is 6.23. The lowest BCUT2D eigenvalue weighted by atomic mass is 10.4. The highest BCUT2D eigenvalue weighted by Gasteiger charge is 2.24. The summed E-state index contributed by atoms with van der Waals surface area (Å²) in [6, 6.07) is 1.94. The molecule has 1 aliphatic rings. The average molecular weight is 466 g/mol. The second-order valence-electron chi connectivity index (χ2n) is 5.25. The molecule has 0 spiro atoms. The number of hydrogen-bond donors (Lipinski definition) is 1. The highest BCUT2D eigenvalue weighted by molar-refractivity contribution is 9.10. The fourth-order valence-corrected chi connectivity index (χ4v) is 5.89. The lowest BCUT2D eigenvalue weighted by Gasteiger charge is -2.25. The summed E-state index contributed by atoms with van der Waals surface area (Å²) >= 11 is 6.31. The molecule has 0 unspecified atom stereocenters. The molecule has 7 nitrogen and oxygen atoms in total. The molecule has 2 aromatic rings. The van der Waals surface area contributed by atoms with Crippen LogP contribution >= 0.6 is 38.6 Å². The van der Waals surface area contributed by atoms with E-state index in [1.54, 1.807) is 5.38 Å². The molecular weight excluding hydrogens is 450 g/mol. The number of thiazole rings is 1. The molecule has 1 saturated heterocycles. The van der Waals surface area contributed by atoms with Crippen molar-refractivity contribution in [2.45, 2.75) is 0 Å². The van der Waals surface area contributed by atoms with Crippen molar-refractivity contribution in [2.75, 3.05) is 38.6 Å². The molecule has 1 N–H and O–H groups in total. The van der Waals surface area contributed by atoms with E-state index >= 15 is 0 Å². The zero-order valence-electron chi connectivity index (χ0n) is 13.1. The molecule has 2 aromatic heterocycles. The first-order valence-corrected chi connectivity index (χ1v) is 11.7. The van der Waals surface area contributed by atoms with Gasteiger partial charge in [0.25, 0.3) is 5.91 Å². The molecule has 0 bridgehead atoms. The Morgan fingerprint density at radius 2 is 2.08 bits per heavy atom. The van der Waals surface area contributed by atoms with E-state index in [2.05, 4.69) is 26.2 Å². The highest BCUT2D eigenvalue weighted by atomic mass is 79.9. The van der Waals surface area contributed by atoms with Gasteiger partial charge in [0.15, 0.2) is 0 Å². The lowest BCUT2D eigenvalue weighted by Crippen LogP contribution is -2.43. The number of sulfonamides is 1. The molecule has 1 amide bonds. The molecule has 1 aliphatic heterocycles. The van der Waals surface area contributed by atoms with E-state index in [9.17, 15) is 13.2 Å². The van der Waals surface area contributed by atoms with Gasteiger partial charge in [0.2, 0.25) is 10.0 Å². The van der Waals surface area contributed by atoms with Crippen molar-refractivity contribution in [3.8, 4) is 9.88 Å². The second-order valence-corrected chi connectivity index (χ2v) is 10.0. The van der Waals surface area contributed by atoms with Crippen LogP contribution in [-0.2, 0) is 14.8 Å². The average Bonchev–Trinajstić information content (AvgIpc) is 3.24. The molecular formula is C14H16BrN3O4S3. The number of ether oxygens (including phenoxy) is 1. The molecule has 0 aromatic carbocycles. The minimum atomic E-state index is -3.38. The van der Waals surface area contributed by atoms with Crippen LogP contribution in [0.25, 0.3) is 9.88 Å². The Hall–Kier alpha value is -0.850. The second kappa shape index (κ2) is 8.23. The van der Waals surface area contributed by atoms with Gasteiger partial charge >= 0.3 is 0 Å². The fraction of sp³-hybridized carbons (Fsp3) is 0.429. The van der Waals surface area contributed by atoms with Crippen LogP contribution in [0.15, 0.2) is 21.3 Å². The first-order valence-electron chi connectivity index (χ1n) is 7.49. The summed E-state index contributed by atoms with van der Waals surface area (Å²) in [5.74, 6) is -0.497. The summed E-state index contributed by atoms with van der Waals surface area (Å²) in [6.07, 6.45) is 0. The minimum absolute atomic E-state index is 0.0515. The molecule has 0 saturated carbocycles. The standard InChI is InChI=1S/C14H16BrN3O4S3/c15-10-7-12(23-8-10)14-17-11(9-24-14)13(19)16-1-6-25(20,21)18-2-4-22-5-3-18/h7-9H,1-6H2,(H,16,19). The number of carbonyl (C=O) groups is 1. The summed E-state index contributed by atoms with van der Waals surface area (Å²) < 4.78 is 31.9. The van der Waals surface area contributed by atoms with E-state index < -0.39 is 10.0 Å². The third-order valence-corrected chi connectivity index (χ3v) is 8.10. The van der Waals surface area contributed by atoms with Gasteiger partial charge in [0, 0.05) is 34.9 Å². The molecule has 3 rings (SSSR count). The Bertz CT molecular complexity index is 843. The third-order valence-electron chi connectivity index (χ3n) is 3.52. The third kappa shape index (κ3) is 4.86. The first kappa shape index (κ1) is 18.9. The van der Waals surface area contributed by atoms with Crippen molar-refractivity contribution in [3.63, 3.8) is 0 Å². The van der Waals surface area contributed by atoms with Crippen molar-refractivity contribution in [1.82, 2.24) is 14.6 Å². The number of thiophene rings is 1. The topological polar surface area (TPSA) is 88.6 Å². The van der Waals surface area contributed by atoms with E-state index in [4.69, 9.17) is 4.74 Å². The van der Waals surface area contributed by atoms with Crippen LogP contribution in [0.3, 0.4) is 0 Å². The number of rotatable bonds is 6. The van der Waals surface area contributed by atoms with Gasteiger partial charge in [0.05, 0.1) is 23.8 Å². The number of carbonyl (C=O) groups excluding carboxylic acids is 1. The summed E-state index contributed by atoms with van der Waals surface area (Å²) in [7, 11) is -3.38. The lowest BCUT2D eigenvalue weighted by molar-refractivity contribution is 0.0730. The SMILES string of the molecule is O=C(NCCS(=O)(=O)N1CCOCC1)c1csc(-c2cc(Br)cs2)n1. The molecule has 0 atom stereocenters. The van der Waals surface area contributed by atoms with Crippen molar-refractivity contribution in [3.05, 3.63) is 27.0 Å². The Morgan fingerprint density at radius 1 is 1.32 bits per heavy atom. The number of nitrogens with zero attached hydrogens (tertiary/aromatic N) is 2. The maximum Gasteiger partial charge on any atom is 0.270 e. The van der Waals surface area contributed by atoms with Crippen LogP contribution in [0, 0.1) is 0 Å². The van der Waals surface area contributed by atoms with E-state index in [1.165, 1.54) is 27.0 Å². The van der Waals surface area contributed by atoms with E-state index in [0.29, 0.717) is 32.0 Å². The maximum atomic E-state index is 12.2. The largest absolute Gasteiger partial charge is 0.379 e. The van der Waals surface area contributed by atoms with Gasteiger partial charge in [-0.25, -0.2) is 13.4 Å². The summed E-state index contributed by atoms with van der Waals surface area (Å²) in [5.41, 5.74) is 0.299. The summed E-state index contributed by atoms with van der Waals surface area (Å²) in [4.78, 5) is 17.5. The van der Waals surface area contributed by atoms with Crippen LogP contribution in [0.1, 0.15) is 10.5 Å². The van der Waals surface area contributed by atoms with Crippen LogP contribution in [0.4, 0.5) is 0 Å². The zero-order valence-corrected chi connectivity index (χ0v) is 17.1. The highest BCUT2D eigenvalue weighted by Crippen LogP contribution is 2.31. The van der Waals surface area contributed by atoms with Crippen molar-refractivity contribution < 1.29 is 17.9 Å². The first-order chi connectivity index (χ1) is 12.0. The molecule has 0 aliphatic carbocycles. The quantitative estimate of drug-likeness (QED) is 0.704. The van der Waals surface area contributed by atoms with Crippen molar-refractivity contribution in [2.24, 2.45) is 0 Å². The predicted molar refractivity (Wildman–Crippen MR) is 102 cm³/mol. The van der Waals surface area contributed by atoms with E-state index in [-0.39, 0.29) is 18.2 Å². The normalized spacial score (nSPS) is 16.0. The summed E-state index contributed by atoms with van der Waals surface area (Å²) in [6.45, 7) is 1.60. The summed E-state index contributed by atoms with van der Waals surface area (Å²) in [5, 5.41) is 7.02. The monoisotopic (exact) mass is 465 g/mol. The molecule has 11 heteroatoms. The van der Waals surface area contributed by atoms with Gasteiger partial charge in [0.1, 0.15) is 10.7 Å². The van der Waals surface area contributed by atoms with Gasteiger partial charge in [-0.05, 0) is 22.0 Å². The smallest absolute Gasteiger partial charge is 0.270 e. The molecule has 136 valence electrons. The van der Waals surface area contributed by atoms with Crippen molar-refractivity contribution in [1.29, 1.82) is 0 Å². The number of aromatic nitrogens is 1. The predicted octanol–water partition coefficient (Wildman–Crippen LogP) is 2.03. The number of nitrogens with one attached hydrogen (secondary N) is 1. The Morgan fingerprint density at radius 3 is 2.76 bits per heavy atom. The van der Waals surface area contributed by atoms with Crippen LogP contribution in [0.2, 0.25) is 0 Å². The number of halogens is 1. The van der Waals surface area contributed by atoms with Gasteiger partial charge in [-0.2, -0.15) is 4.31 Å². The Balaban J connectivity index is 1.53. The van der Waals surface area contributed by atoms with Crippen LogP contribution in [0.5, 0.6) is 0 Å². The van der Waals surface area contributed by atoms with Gasteiger partial charge in [-0.15, -0.1) is 22.7 Å². The molecule has 1 fully saturated rings. The number of hydrogen-bond acceptors (Lipinski definition) is 7. The number of morpholine rings is 1. The molecule has 25 heavy (non-hydrogen) atoms. The maximum absolute atomic E-state index is 12.2. The van der Waals surface area contributed by atoms with Crippen LogP contribution < -0.4 is 5.32 Å². The minimum Gasteiger partial charge on any atom is -0.379 e. The van der Waals surface area contributed by atoms with Crippen LogP contribution in [-0.4, -0.2) is 62.2 Å². The van der Waals surface area contributed by atoms with Crippen molar-refractivity contribution >= 4 is 54.5 Å². The van der Waals surface area contributed by atoms with Gasteiger partial charge in [-0.1, -0.05) is 0 Å². The van der Waals surface area contributed by atoms with E-state index in [1.807, 2.05) is 11.4 Å². The fourth-order valence-electron chi connectivity index (χ4n) is 2.25. The zero-order chi connectivity index (χ0) is 17.9. The number of amides is 1. The van der Waals surface area contributed by atoms with E-state index in [0.717, 1.165) is 14.4 Å². The van der Waals surface area contributed by atoms with Gasteiger partial charge in [-0.3, -0.25) is 4.79 Å². The molecule has 3 heterocycles.